The number of hydrogen-bond acceptors (Lipinski definition) is 5. The number of carbonyl (C=O) groups excluding carboxylic acids is 1. The second-order valence-corrected chi connectivity index (χ2v) is 4.54. The summed E-state index contributed by atoms with van der Waals surface area (Å²) in [4.78, 5) is 16.0. The number of anilines is 1. The van der Waals surface area contributed by atoms with Gasteiger partial charge in [0.15, 0.2) is 0 Å². The Morgan fingerprint density at radius 2 is 2.24 bits per heavy atom. The molecule has 0 bridgehead atoms. The van der Waals surface area contributed by atoms with E-state index in [4.69, 9.17) is 10.5 Å². The third-order valence-corrected chi connectivity index (χ3v) is 3.13. The lowest BCUT2D eigenvalue weighted by Crippen LogP contribution is -2.27. The summed E-state index contributed by atoms with van der Waals surface area (Å²) >= 11 is 0. The first-order chi connectivity index (χ1) is 9.81. The zero-order valence-corrected chi connectivity index (χ0v) is 11.2. The van der Waals surface area contributed by atoms with Crippen LogP contribution < -0.4 is 15.4 Å². The zero-order chi connectivity index (χ0) is 15.6. The second kappa shape index (κ2) is 5.66. The Morgan fingerprint density at radius 3 is 2.81 bits per heavy atom. The molecule has 1 aromatic heterocycles. The molecule has 1 saturated heterocycles. The summed E-state index contributed by atoms with van der Waals surface area (Å²) in [5.41, 5.74) is 4.27. The Bertz CT molecular complexity index is 536. The number of methoxy groups -OCH3 is 1. The molecule has 21 heavy (non-hydrogen) atoms. The average molecular weight is 305 g/mol. The first-order valence-corrected chi connectivity index (χ1v) is 6.13. The van der Waals surface area contributed by atoms with Gasteiger partial charge in [-0.3, -0.25) is 0 Å². The van der Waals surface area contributed by atoms with E-state index >= 15 is 0 Å². The van der Waals surface area contributed by atoms with Gasteiger partial charge in [-0.05, 0) is 6.07 Å². The topological polar surface area (TPSA) is 77.7 Å². The van der Waals surface area contributed by atoms with Crippen LogP contribution in [0.15, 0.2) is 12.3 Å². The Morgan fingerprint density at radius 1 is 1.52 bits per heavy atom. The van der Waals surface area contributed by atoms with Crippen LogP contribution in [-0.4, -0.2) is 37.4 Å². The first-order valence-electron chi connectivity index (χ1n) is 6.13. The van der Waals surface area contributed by atoms with Gasteiger partial charge in [-0.1, -0.05) is 0 Å². The molecule has 0 aromatic carbocycles. The van der Waals surface area contributed by atoms with Crippen LogP contribution in [0.2, 0.25) is 0 Å². The fourth-order valence-corrected chi connectivity index (χ4v) is 2.20. The van der Waals surface area contributed by atoms with Gasteiger partial charge in [-0.2, -0.15) is 13.2 Å². The molecule has 1 amide bonds. The largest absolute Gasteiger partial charge is 0.481 e. The maximum atomic E-state index is 12.9. The maximum Gasteiger partial charge on any atom is 0.421 e. The molecule has 6 nitrogen and oxygen atoms in total. The highest BCUT2D eigenvalue weighted by atomic mass is 19.4. The van der Waals surface area contributed by atoms with Crippen LogP contribution >= 0.6 is 0 Å². The molecule has 1 aliphatic heterocycles. The van der Waals surface area contributed by atoms with Crippen LogP contribution in [-0.2, 0) is 10.9 Å². The third-order valence-electron chi connectivity index (χ3n) is 3.13. The van der Waals surface area contributed by atoms with Crippen molar-refractivity contribution in [2.45, 2.75) is 18.7 Å². The smallest absolute Gasteiger partial charge is 0.421 e. The number of ether oxygens (including phenoxy) is 2. The summed E-state index contributed by atoms with van der Waals surface area (Å²) < 4.78 is 48.2. The van der Waals surface area contributed by atoms with Gasteiger partial charge in [0.2, 0.25) is 5.88 Å². The molecule has 2 rings (SSSR count). The maximum absolute atomic E-state index is 12.9. The highest BCUT2D eigenvalue weighted by Crippen LogP contribution is 2.37. The Kier molecular flexibility index (Phi) is 4.10. The van der Waals surface area contributed by atoms with Gasteiger partial charge < -0.3 is 20.1 Å². The number of nitrogens with zero attached hydrogens (tertiary/aromatic N) is 2. The summed E-state index contributed by atoms with van der Waals surface area (Å²) in [5.74, 6) is -0.476. The fraction of sp³-hybridized carbons (Fsp3) is 0.500. The number of nitrogens with two attached hydrogens (primary N) is 1. The lowest BCUT2D eigenvalue weighted by Gasteiger charge is -2.20. The standard InChI is InChI=1S/C12H14F3N3O3/c1-20-10-9(12(13,14)15)4-7(5-17-10)18-3-2-8(6-18)21-11(16)19/h4-5,8H,2-3,6H2,1H3,(H2,16,19). The molecule has 0 radical (unpaired) electrons. The predicted octanol–water partition coefficient (Wildman–Crippen LogP) is 1.78. The molecular formula is C12H14F3N3O3. The van der Waals surface area contributed by atoms with Crippen LogP contribution in [0.1, 0.15) is 12.0 Å². The highest BCUT2D eigenvalue weighted by Gasteiger charge is 2.36. The molecule has 2 N–H and O–H groups in total. The molecular weight excluding hydrogens is 291 g/mol. The van der Waals surface area contributed by atoms with E-state index in [2.05, 4.69) is 9.72 Å². The number of pyridine rings is 1. The Labute approximate surface area is 118 Å². The Balaban J connectivity index is 2.20. The number of halogens is 3. The van der Waals surface area contributed by atoms with Gasteiger partial charge in [0.05, 0.1) is 25.5 Å². The van der Waals surface area contributed by atoms with Crippen molar-refractivity contribution < 1.29 is 27.4 Å². The molecule has 116 valence electrons. The van der Waals surface area contributed by atoms with Gasteiger partial charge in [-0.15, -0.1) is 0 Å². The summed E-state index contributed by atoms with van der Waals surface area (Å²) in [5, 5.41) is 0. The van der Waals surface area contributed by atoms with E-state index in [9.17, 15) is 18.0 Å². The highest BCUT2D eigenvalue weighted by molar-refractivity contribution is 5.65. The van der Waals surface area contributed by atoms with Gasteiger partial charge >= 0.3 is 12.3 Å². The van der Waals surface area contributed by atoms with E-state index in [1.54, 1.807) is 4.90 Å². The number of amides is 1. The van der Waals surface area contributed by atoms with E-state index in [0.29, 0.717) is 18.7 Å². The monoisotopic (exact) mass is 305 g/mol. The van der Waals surface area contributed by atoms with Crippen LogP contribution in [0, 0.1) is 0 Å². The van der Waals surface area contributed by atoms with Crippen molar-refractivity contribution in [3.63, 3.8) is 0 Å². The van der Waals surface area contributed by atoms with Crippen molar-refractivity contribution in [3.05, 3.63) is 17.8 Å². The quantitative estimate of drug-likeness (QED) is 0.921. The predicted molar refractivity (Wildman–Crippen MR) is 67.1 cm³/mol. The van der Waals surface area contributed by atoms with E-state index in [1.807, 2.05) is 0 Å². The molecule has 2 heterocycles. The minimum absolute atomic E-state index is 0.272. The number of rotatable bonds is 3. The normalized spacial score (nSPS) is 18.7. The van der Waals surface area contributed by atoms with Gasteiger partial charge in [0.25, 0.3) is 0 Å². The lowest BCUT2D eigenvalue weighted by atomic mass is 10.2. The van der Waals surface area contributed by atoms with Crippen molar-refractivity contribution >= 4 is 11.8 Å². The van der Waals surface area contributed by atoms with Crippen molar-refractivity contribution in [2.24, 2.45) is 5.73 Å². The summed E-state index contributed by atoms with van der Waals surface area (Å²) in [6.07, 6.45) is -4.10. The summed E-state index contributed by atoms with van der Waals surface area (Å²) in [7, 11) is 1.13. The van der Waals surface area contributed by atoms with Crippen LogP contribution in [0.3, 0.4) is 0 Å². The molecule has 1 atom stereocenters. The average Bonchev–Trinajstić information content (AvgIpc) is 2.84. The minimum Gasteiger partial charge on any atom is -0.481 e. The zero-order valence-electron chi connectivity index (χ0n) is 11.2. The number of hydrogen-bond donors (Lipinski definition) is 1. The van der Waals surface area contributed by atoms with Crippen molar-refractivity contribution in [1.82, 2.24) is 4.98 Å². The van der Waals surface area contributed by atoms with E-state index < -0.39 is 29.8 Å². The molecule has 1 unspecified atom stereocenters. The number of primary amides is 1. The first kappa shape index (κ1) is 15.2. The SMILES string of the molecule is COc1ncc(N2CCC(OC(N)=O)C2)cc1C(F)(F)F. The molecule has 9 heteroatoms. The van der Waals surface area contributed by atoms with E-state index in [0.717, 1.165) is 13.2 Å². The summed E-state index contributed by atoms with van der Waals surface area (Å²) in [6, 6.07) is 0.971. The molecule has 1 aromatic rings. The van der Waals surface area contributed by atoms with Crippen LogP contribution in [0.4, 0.5) is 23.7 Å². The van der Waals surface area contributed by atoms with E-state index in [1.165, 1.54) is 6.20 Å². The minimum atomic E-state index is -4.56. The number of aromatic nitrogens is 1. The lowest BCUT2D eigenvalue weighted by molar-refractivity contribution is -0.139. The molecule has 0 aliphatic carbocycles. The van der Waals surface area contributed by atoms with E-state index in [-0.39, 0.29) is 6.54 Å². The molecule has 1 aliphatic rings. The van der Waals surface area contributed by atoms with Gasteiger partial charge in [-0.25, -0.2) is 9.78 Å². The molecule has 0 spiro atoms. The molecule has 0 saturated carbocycles. The van der Waals surface area contributed by atoms with Gasteiger partial charge in [0, 0.05) is 13.0 Å². The second-order valence-electron chi connectivity index (χ2n) is 4.54. The third kappa shape index (κ3) is 3.47. The van der Waals surface area contributed by atoms with Gasteiger partial charge in [0.1, 0.15) is 11.7 Å². The van der Waals surface area contributed by atoms with Crippen LogP contribution in [0.25, 0.3) is 0 Å². The van der Waals surface area contributed by atoms with Crippen LogP contribution in [0.5, 0.6) is 5.88 Å². The molecule has 1 fully saturated rings. The number of alkyl halides is 3. The van der Waals surface area contributed by atoms with Crippen molar-refractivity contribution in [2.75, 3.05) is 25.1 Å². The van der Waals surface area contributed by atoms with Crippen molar-refractivity contribution in [3.8, 4) is 5.88 Å². The fourth-order valence-electron chi connectivity index (χ4n) is 2.20. The van der Waals surface area contributed by atoms with Crippen molar-refractivity contribution in [1.29, 1.82) is 0 Å². The number of carbonyl (C=O) groups is 1. The summed E-state index contributed by atoms with van der Waals surface area (Å²) in [6.45, 7) is 0.720. The Hall–Kier alpha value is -2.19.